The monoisotopic (exact) mass is 190 g/mol. The molecule has 0 radical (unpaired) electrons. The van der Waals surface area contributed by atoms with Crippen LogP contribution in [0.3, 0.4) is 0 Å². The topological polar surface area (TPSA) is 38.9 Å². The second kappa shape index (κ2) is 2.94. The number of fused-ring (bicyclic) bond motifs is 1. The van der Waals surface area contributed by atoms with Gasteiger partial charge in [0.2, 0.25) is 0 Å². The number of aryl methyl sites for hydroxylation is 2. The molecule has 0 aliphatic carbocycles. The van der Waals surface area contributed by atoms with Crippen LogP contribution in [0, 0.1) is 19.7 Å². The second-order valence-electron chi connectivity index (χ2n) is 3.44. The lowest BCUT2D eigenvalue weighted by Crippen LogP contribution is -1.96. The Kier molecular flexibility index (Phi) is 1.88. The van der Waals surface area contributed by atoms with E-state index >= 15 is 0 Å². The van der Waals surface area contributed by atoms with Crippen LogP contribution in [0.4, 0.5) is 10.2 Å². The van der Waals surface area contributed by atoms with Crippen molar-refractivity contribution in [1.82, 2.24) is 4.98 Å². The minimum absolute atomic E-state index is 0.209. The molecule has 0 saturated heterocycles. The lowest BCUT2D eigenvalue weighted by Gasteiger charge is -2.05. The maximum absolute atomic E-state index is 13.7. The lowest BCUT2D eigenvalue weighted by molar-refractivity contribution is 0.630. The average molecular weight is 190 g/mol. The molecule has 72 valence electrons. The third-order valence-corrected chi connectivity index (χ3v) is 2.30. The van der Waals surface area contributed by atoms with Crippen molar-refractivity contribution < 1.29 is 4.39 Å². The van der Waals surface area contributed by atoms with Crippen LogP contribution in [0.5, 0.6) is 0 Å². The van der Waals surface area contributed by atoms with E-state index in [0.29, 0.717) is 22.2 Å². The maximum atomic E-state index is 13.7. The van der Waals surface area contributed by atoms with E-state index in [1.165, 1.54) is 0 Å². The third kappa shape index (κ3) is 1.21. The van der Waals surface area contributed by atoms with Gasteiger partial charge in [-0.1, -0.05) is 12.1 Å². The molecule has 1 aromatic carbocycles. The van der Waals surface area contributed by atoms with Crippen LogP contribution in [0.25, 0.3) is 10.8 Å². The Morgan fingerprint density at radius 1 is 1.21 bits per heavy atom. The van der Waals surface area contributed by atoms with E-state index in [1.807, 2.05) is 0 Å². The van der Waals surface area contributed by atoms with Gasteiger partial charge >= 0.3 is 0 Å². The Labute approximate surface area is 81.6 Å². The first kappa shape index (κ1) is 8.94. The molecule has 0 aliphatic heterocycles. The van der Waals surface area contributed by atoms with Crippen molar-refractivity contribution in [3.63, 3.8) is 0 Å². The summed E-state index contributed by atoms with van der Waals surface area (Å²) in [5.41, 5.74) is 7.06. The zero-order chi connectivity index (χ0) is 10.3. The number of benzene rings is 1. The largest absolute Gasteiger partial charge is 0.383 e. The molecule has 2 aromatic rings. The smallest absolute Gasteiger partial charge is 0.134 e. The maximum Gasteiger partial charge on any atom is 0.134 e. The first-order valence-corrected chi connectivity index (χ1v) is 4.41. The van der Waals surface area contributed by atoms with Crippen molar-refractivity contribution in [3.8, 4) is 0 Å². The Hall–Kier alpha value is -1.64. The number of rotatable bonds is 0. The van der Waals surface area contributed by atoms with Crippen LogP contribution in [0.1, 0.15) is 11.3 Å². The average Bonchev–Trinajstić information content (AvgIpc) is 2.12. The van der Waals surface area contributed by atoms with E-state index in [1.54, 1.807) is 32.0 Å². The molecule has 2 nitrogen and oxygen atoms in total. The van der Waals surface area contributed by atoms with Crippen LogP contribution >= 0.6 is 0 Å². The fourth-order valence-electron chi connectivity index (χ4n) is 1.56. The highest BCUT2D eigenvalue weighted by molar-refractivity contribution is 5.92. The molecule has 3 heteroatoms. The van der Waals surface area contributed by atoms with E-state index in [4.69, 9.17) is 5.73 Å². The molecule has 0 bridgehead atoms. The van der Waals surface area contributed by atoms with Crippen molar-refractivity contribution in [2.45, 2.75) is 13.8 Å². The van der Waals surface area contributed by atoms with Crippen molar-refractivity contribution in [2.24, 2.45) is 0 Å². The minimum atomic E-state index is -0.209. The molecular weight excluding hydrogens is 179 g/mol. The van der Waals surface area contributed by atoms with E-state index in [-0.39, 0.29) is 5.82 Å². The zero-order valence-corrected chi connectivity index (χ0v) is 8.13. The van der Waals surface area contributed by atoms with E-state index < -0.39 is 0 Å². The molecule has 1 aromatic heterocycles. The van der Waals surface area contributed by atoms with Crippen LogP contribution < -0.4 is 5.73 Å². The quantitative estimate of drug-likeness (QED) is 0.693. The van der Waals surface area contributed by atoms with Crippen LogP contribution in [-0.4, -0.2) is 4.98 Å². The number of aromatic nitrogens is 1. The number of hydrogen-bond donors (Lipinski definition) is 1. The summed E-state index contributed by atoms with van der Waals surface area (Å²) in [7, 11) is 0. The lowest BCUT2D eigenvalue weighted by atomic mass is 10.1. The summed E-state index contributed by atoms with van der Waals surface area (Å²) in [6.07, 6.45) is 0. The molecule has 0 fully saturated rings. The minimum Gasteiger partial charge on any atom is -0.383 e. The van der Waals surface area contributed by atoms with Gasteiger partial charge in [0.15, 0.2) is 0 Å². The number of halogens is 1. The van der Waals surface area contributed by atoms with Gasteiger partial charge in [-0.3, -0.25) is 0 Å². The fourth-order valence-corrected chi connectivity index (χ4v) is 1.56. The van der Waals surface area contributed by atoms with Gasteiger partial charge in [0.1, 0.15) is 11.6 Å². The molecule has 0 saturated carbocycles. The second-order valence-corrected chi connectivity index (χ2v) is 3.44. The summed E-state index contributed by atoms with van der Waals surface area (Å²) in [5.74, 6) is 0.179. The number of pyridine rings is 1. The van der Waals surface area contributed by atoms with E-state index in [0.717, 1.165) is 5.69 Å². The first-order chi connectivity index (χ1) is 6.59. The Bertz CT molecular complexity index is 506. The molecule has 0 amide bonds. The van der Waals surface area contributed by atoms with Crippen LogP contribution in [-0.2, 0) is 0 Å². The Morgan fingerprint density at radius 3 is 2.64 bits per heavy atom. The van der Waals surface area contributed by atoms with Crippen molar-refractivity contribution >= 4 is 16.6 Å². The molecule has 0 spiro atoms. The highest BCUT2D eigenvalue weighted by Gasteiger charge is 2.07. The number of nitrogens with two attached hydrogens (primary N) is 1. The highest BCUT2D eigenvalue weighted by Crippen LogP contribution is 2.24. The van der Waals surface area contributed by atoms with Crippen molar-refractivity contribution in [1.29, 1.82) is 0 Å². The van der Waals surface area contributed by atoms with Gasteiger partial charge in [-0.25, -0.2) is 9.37 Å². The van der Waals surface area contributed by atoms with Crippen molar-refractivity contribution in [3.05, 3.63) is 35.3 Å². The number of anilines is 1. The third-order valence-electron chi connectivity index (χ3n) is 2.30. The Morgan fingerprint density at radius 2 is 1.93 bits per heavy atom. The Balaban J connectivity index is 2.95. The molecule has 0 aliphatic rings. The van der Waals surface area contributed by atoms with Gasteiger partial charge in [0.05, 0.1) is 0 Å². The summed E-state index contributed by atoms with van der Waals surface area (Å²) in [4.78, 5) is 4.08. The summed E-state index contributed by atoms with van der Waals surface area (Å²) in [5, 5.41) is 1.23. The molecule has 2 rings (SSSR count). The molecule has 0 atom stereocenters. The van der Waals surface area contributed by atoms with Gasteiger partial charge in [0.25, 0.3) is 0 Å². The van der Waals surface area contributed by atoms with Crippen molar-refractivity contribution in [2.75, 3.05) is 5.73 Å². The first-order valence-electron chi connectivity index (χ1n) is 4.41. The van der Waals surface area contributed by atoms with Crippen LogP contribution in [0.15, 0.2) is 18.2 Å². The van der Waals surface area contributed by atoms with Gasteiger partial charge < -0.3 is 5.73 Å². The number of nitrogen functional groups attached to an aromatic ring is 1. The molecular formula is C11H11FN2. The summed E-state index contributed by atoms with van der Waals surface area (Å²) in [6, 6.07) is 5.23. The normalized spacial score (nSPS) is 10.8. The number of hydrogen-bond acceptors (Lipinski definition) is 2. The molecule has 14 heavy (non-hydrogen) atoms. The van der Waals surface area contributed by atoms with E-state index in [2.05, 4.69) is 4.98 Å². The van der Waals surface area contributed by atoms with Crippen LogP contribution in [0.2, 0.25) is 0 Å². The molecule has 2 N–H and O–H groups in total. The highest BCUT2D eigenvalue weighted by atomic mass is 19.1. The molecule has 1 heterocycles. The standard InChI is InChI=1S/C11H11FN2/c1-6-3-4-8-9(10(6)12)5-7(2)14-11(8)13/h3-5H,1-2H3,(H2,13,14). The van der Waals surface area contributed by atoms with Gasteiger partial charge in [-0.05, 0) is 25.5 Å². The SMILES string of the molecule is Cc1cc2c(F)c(C)ccc2c(N)n1. The predicted octanol–water partition coefficient (Wildman–Crippen LogP) is 2.57. The summed E-state index contributed by atoms with van der Waals surface area (Å²) >= 11 is 0. The van der Waals surface area contributed by atoms with Gasteiger partial charge in [-0.15, -0.1) is 0 Å². The van der Waals surface area contributed by atoms with E-state index in [9.17, 15) is 4.39 Å². The van der Waals surface area contributed by atoms with Gasteiger partial charge in [0, 0.05) is 16.5 Å². The summed E-state index contributed by atoms with van der Waals surface area (Å²) < 4.78 is 13.7. The fraction of sp³-hybridized carbons (Fsp3) is 0.182. The number of nitrogens with zero attached hydrogens (tertiary/aromatic N) is 1. The zero-order valence-electron chi connectivity index (χ0n) is 8.13. The molecule has 0 unspecified atom stereocenters. The summed E-state index contributed by atoms with van der Waals surface area (Å²) in [6.45, 7) is 3.54. The predicted molar refractivity (Wildman–Crippen MR) is 55.6 cm³/mol. The van der Waals surface area contributed by atoms with Gasteiger partial charge in [-0.2, -0.15) is 0 Å².